The van der Waals surface area contributed by atoms with E-state index in [9.17, 15) is 4.79 Å². The maximum Gasteiger partial charge on any atom is 0.282 e. The Bertz CT molecular complexity index is 1570. The van der Waals surface area contributed by atoms with Crippen molar-refractivity contribution in [2.75, 3.05) is 26.1 Å². The van der Waals surface area contributed by atoms with Crippen molar-refractivity contribution in [3.63, 3.8) is 0 Å². The molecule has 1 aromatic heterocycles. The first-order valence-corrected chi connectivity index (χ1v) is 13.4. The number of nitrogens with zero attached hydrogens (tertiary/aromatic N) is 4. The first-order chi connectivity index (χ1) is 18.6. The molecule has 4 rings (SSSR count). The average Bonchev–Trinajstić information content (AvgIpc) is 2.92. The van der Waals surface area contributed by atoms with Gasteiger partial charge >= 0.3 is 0 Å². The topological polar surface area (TPSA) is 68.9 Å². The molecule has 0 amide bonds. The van der Waals surface area contributed by atoms with Crippen molar-refractivity contribution in [3.05, 3.63) is 81.6 Å². The molecule has 7 nitrogen and oxygen atoms in total. The van der Waals surface area contributed by atoms with Crippen LogP contribution in [0.5, 0.6) is 11.5 Å². The van der Waals surface area contributed by atoms with E-state index in [0.717, 1.165) is 40.1 Å². The molecule has 39 heavy (non-hydrogen) atoms. The van der Waals surface area contributed by atoms with Gasteiger partial charge in [-0.3, -0.25) is 4.79 Å². The van der Waals surface area contributed by atoms with Crippen LogP contribution in [0.2, 0.25) is 0 Å². The third kappa shape index (κ3) is 5.82. The molecule has 204 valence electrons. The molecule has 1 heterocycles. The van der Waals surface area contributed by atoms with E-state index in [0.29, 0.717) is 22.5 Å². The molecule has 0 saturated carbocycles. The van der Waals surface area contributed by atoms with Gasteiger partial charge in [-0.2, -0.15) is 9.78 Å². The van der Waals surface area contributed by atoms with Gasteiger partial charge in [0, 0.05) is 37.0 Å². The fourth-order valence-corrected chi connectivity index (χ4v) is 4.40. The Morgan fingerprint density at radius 3 is 2.46 bits per heavy atom. The van der Waals surface area contributed by atoms with E-state index in [1.165, 1.54) is 4.68 Å². The normalized spacial score (nSPS) is 12.3. The van der Waals surface area contributed by atoms with Crippen LogP contribution in [-0.4, -0.2) is 43.2 Å². The Balaban J connectivity index is 1.94. The highest BCUT2D eigenvalue weighted by molar-refractivity contribution is 5.85. The van der Waals surface area contributed by atoms with E-state index in [1.54, 1.807) is 19.4 Å². The average molecular weight is 527 g/mol. The summed E-state index contributed by atoms with van der Waals surface area (Å²) in [7, 11) is 5.66. The Labute approximate surface area is 230 Å². The minimum atomic E-state index is -0.234. The number of hydrogen-bond acceptors (Lipinski definition) is 6. The van der Waals surface area contributed by atoms with E-state index in [-0.39, 0.29) is 17.6 Å². The number of fused-ring (bicyclic) bond motifs is 1. The van der Waals surface area contributed by atoms with Gasteiger partial charge in [0.2, 0.25) is 0 Å². The van der Waals surface area contributed by atoms with Gasteiger partial charge in [-0.05, 0) is 73.7 Å². The summed E-state index contributed by atoms with van der Waals surface area (Å²) in [4.78, 5) is 20.8. The second-order valence-electron chi connectivity index (χ2n) is 10.3. The number of aryl methyl sites for hydroxylation is 1. The number of para-hydroxylation sites is 1. The molecule has 0 aliphatic rings. The fourth-order valence-electron chi connectivity index (χ4n) is 4.40. The molecule has 3 aromatic carbocycles. The lowest BCUT2D eigenvalue weighted by Crippen LogP contribution is -2.21. The highest BCUT2D eigenvalue weighted by Crippen LogP contribution is 2.34. The first kappa shape index (κ1) is 27.9. The molecular formula is C32H38N4O3. The molecule has 4 aromatic rings. The summed E-state index contributed by atoms with van der Waals surface area (Å²) in [5.41, 5.74) is 5.01. The van der Waals surface area contributed by atoms with Crippen LogP contribution in [-0.2, 0) is 0 Å². The molecule has 0 radical (unpaired) electrons. The molecule has 0 fully saturated rings. The quantitative estimate of drug-likeness (QED) is 0.229. The van der Waals surface area contributed by atoms with Crippen molar-refractivity contribution in [1.29, 1.82) is 0 Å². The van der Waals surface area contributed by atoms with E-state index >= 15 is 0 Å². The maximum absolute atomic E-state index is 13.8. The van der Waals surface area contributed by atoms with Crippen LogP contribution in [0, 0.1) is 6.92 Å². The molecule has 0 spiro atoms. The van der Waals surface area contributed by atoms with Gasteiger partial charge in [0.15, 0.2) is 5.82 Å². The number of aromatic nitrogens is 2. The van der Waals surface area contributed by atoms with Crippen molar-refractivity contribution in [2.45, 2.75) is 53.1 Å². The molecule has 7 heteroatoms. The summed E-state index contributed by atoms with van der Waals surface area (Å²) in [5.74, 6) is 2.23. The Morgan fingerprint density at radius 2 is 1.79 bits per heavy atom. The van der Waals surface area contributed by atoms with Gasteiger partial charge < -0.3 is 14.4 Å². The predicted molar refractivity (Wildman–Crippen MR) is 161 cm³/mol. The van der Waals surface area contributed by atoms with Crippen LogP contribution >= 0.6 is 0 Å². The molecule has 0 aliphatic heterocycles. The van der Waals surface area contributed by atoms with Gasteiger partial charge in [0.25, 0.3) is 5.56 Å². The molecule has 1 atom stereocenters. The Morgan fingerprint density at radius 1 is 1.05 bits per heavy atom. The fraction of sp³-hybridized carbons (Fsp3) is 0.344. The highest BCUT2D eigenvalue weighted by Gasteiger charge is 2.18. The Hall–Kier alpha value is -4.13. The zero-order valence-corrected chi connectivity index (χ0v) is 24.1. The summed E-state index contributed by atoms with van der Waals surface area (Å²) in [5, 5.41) is 5.23. The number of ether oxygens (including phenoxy) is 2. The second kappa shape index (κ2) is 11.7. The number of benzene rings is 3. The lowest BCUT2D eigenvalue weighted by molar-refractivity contribution is 0.217. The van der Waals surface area contributed by atoms with Gasteiger partial charge in [-0.15, -0.1) is 0 Å². The van der Waals surface area contributed by atoms with Gasteiger partial charge in [0.1, 0.15) is 11.5 Å². The molecule has 0 saturated heterocycles. The third-order valence-electron chi connectivity index (χ3n) is 6.92. The third-order valence-corrected chi connectivity index (χ3v) is 6.92. The lowest BCUT2D eigenvalue weighted by Gasteiger charge is -2.19. The molecule has 0 unspecified atom stereocenters. The van der Waals surface area contributed by atoms with Crippen molar-refractivity contribution in [2.24, 2.45) is 5.10 Å². The van der Waals surface area contributed by atoms with Gasteiger partial charge in [-0.25, -0.2) is 4.98 Å². The minimum absolute atomic E-state index is 0.0339. The van der Waals surface area contributed by atoms with Crippen LogP contribution in [0.15, 0.2) is 64.5 Å². The number of rotatable bonds is 9. The zero-order chi connectivity index (χ0) is 28.3. The van der Waals surface area contributed by atoms with E-state index < -0.39 is 0 Å². The minimum Gasteiger partial charge on any atom is -0.496 e. The highest BCUT2D eigenvalue weighted by atomic mass is 16.5. The zero-order valence-electron chi connectivity index (χ0n) is 24.1. The SMILES string of the molecule is CC[C@H](C)Oc1cc(N(C)C)ccc1C=Nn1c(-c2cc(C(C)C)c(OC)cc2C)nc2ccccc2c1=O. The monoisotopic (exact) mass is 526 g/mol. The van der Waals surface area contributed by atoms with Gasteiger partial charge in [0.05, 0.1) is 30.3 Å². The van der Waals surface area contributed by atoms with Gasteiger partial charge in [-0.1, -0.05) is 32.9 Å². The van der Waals surface area contributed by atoms with E-state index in [2.05, 4.69) is 26.8 Å². The smallest absolute Gasteiger partial charge is 0.282 e. The van der Waals surface area contributed by atoms with Crippen LogP contribution in [0.25, 0.3) is 22.3 Å². The Kier molecular flexibility index (Phi) is 8.38. The number of hydrogen-bond donors (Lipinski definition) is 0. The summed E-state index contributed by atoms with van der Waals surface area (Å²) in [6.45, 7) is 10.4. The van der Waals surface area contributed by atoms with Crippen molar-refractivity contribution in [3.8, 4) is 22.9 Å². The molecule has 0 aliphatic carbocycles. The summed E-state index contributed by atoms with van der Waals surface area (Å²) >= 11 is 0. The van der Waals surface area contributed by atoms with Crippen LogP contribution in [0.4, 0.5) is 5.69 Å². The second-order valence-corrected chi connectivity index (χ2v) is 10.3. The number of anilines is 1. The van der Waals surface area contributed by atoms with Crippen molar-refractivity contribution in [1.82, 2.24) is 9.66 Å². The molecule has 0 bridgehead atoms. The maximum atomic E-state index is 13.8. The molecular weight excluding hydrogens is 488 g/mol. The summed E-state index contributed by atoms with van der Waals surface area (Å²) < 4.78 is 13.3. The predicted octanol–water partition coefficient (Wildman–Crippen LogP) is 6.63. The van der Waals surface area contributed by atoms with Crippen molar-refractivity contribution >= 4 is 22.8 Å². The summed E-state index contributed by atoms with van der Waals surface area (Å²) in [6.07, 6.45) is 2.59. The van der Waals surface area contributed by atoms with Crippen LogP contribution in [0.3, 0.4) is 0 Å². The largest absolute Gasteiger partial charge is 0.496 e. The van der Waals surface area contributed by atoms with Crippen LogP contribution in [0.1, 0.15) is 56.7 Å². The van der Waals surface area contributed by atoms with Crippen LogP contribution < -0.4 is 19.9 Å². The first-order valence-electron chi connectivity index (χ1n) is 13.4. The number of methoxy groups -OCH3 is 1. The summed E-state index contributed by atoms with van der Waals surface area (Å²) in [6, 6.07) is 17.4. The lowest BCUT2D eigenvalue weighted by atomic mass is 9.96. The van der Waals surface area contributed by atoms with Crippen molar-refractivity contribution < 1.29 is 9.47 Å². The van der Waals surface area contributed by atoms with E-state index in [1.807, 2.05) is 75.3 Å². The standard InChI is InChI=1S/C32H38N4O3/c1-9-22(5)39-29-17-24(35(6)7)15-14-23(29)19-33-36-31(34-28-13-11-10-12-25(28)32(36)37)27-18-26(20(2)3)30(38-8)16-21(27)4/h10-20,22H,9H2,1-8H3/t22-/m0/s1. The molecule has 0 N–H and O–H groups in total. The van der Waals surface area contributed by atoms with E-state index in [4.69, 9.17) is 19.6 Å².